The van der Waals surface area contributed by atoms with Crippen molar-refractivity contribution in [3.8, 4) is 0 Å². The second-order valence-corrected chi connectivity index (χ2v) is 5.18. The third kappa shape index (κ3) is 1.89. The molecule has 0 radical (unpaired) electrons. The third-order valence-electron chi connectivity index (χ3n) is 3.74. The van der Waals surface area contributed by atoms with Crippen LogP contribution in [0.4, 0.5) is 5.82 Å². The van der Waals surface area contributed by atoms with Crippen LogP contribution in [0.1, 0.15) is 6.42 Å². The quantitative estimate of drug-likeness (QED) is 0.807. The molecule has 0 aromatic carbocycles. The fourth-order valence-corrected chi connectivity index (χ4v) is 2.91. The van der Waals surface area contributed by atoms with Crippen molar-refractivity contribution in [2.75, 3.05) is 31.1 Å². The molecule has 16 heavy (non-hydrogen) atoms. The number of halogens is 1. The lowest BCUT2D eigenvalue weighted by molar-refractivity contribution is 0.347. The van der Waals surface area contributed by atoms with Gasteiger partial charge in [0, 0.05) is 19.3 Å². The molecular weight excluding hydrogens is 222 g/mol. The van der Waals surface area contributed by atoms with Gasteiger partial charge < -0.3 is 10.2 Å². The number of nitrogens with one attached hydrogen (secondary N) is 1. The average Bonchev–Trinajstić information content (AvgIpc) is 2.77. The van der Waals surface area contributed by atoms with Gasteiger partial charge in [-0.15, -0.1) is 0 Å². The maximum absolute atomic E-state index is 5.85. The minimum atomic E-state index is 0.709. The van der Waals surface area contributed by atoms with Gasteiger partial charge in [-0.25, -0.2) is 4.98 Å². The Morgan fingerprint density at radius 3 is 3.00 bits per heavy atom. The Labute approximate surface area is 101 Å². The van der Waals surface area contributed by atoms with E-state index >= 15 is 0 Å². The number of piperidine rings is 1. The van der Waals surface area contributed by atoms with E-state index in [2.05, 4.69) is 15.2 Å². The lowest BCUT2D eigenvalue weighted by Crippen LogP contribution is -2.40. The number of anilines is 1. The molecule has 2 atom stereocenters. The van der Waals surface area contributed by atoms with Crippen LogP contribution in [0, 0.1) is 11.8 Å². The highest BCUT2D eigenvalue weighted by Crippen LogP contribution is 2.29. The van der Waals surface area contributed by atoms with Crippen LogP contribution >= 0.6 is 11.6 Å². The van der Waals surface area contributed by atoms with Gasteiger partial charge in [-0.05, 0) is 43.5 Å². The first kappa shape index (κ1) is 10.4. The lowest BCUT2D eigenvalue weighted by atomic mass is 9.89. The molecule has 2 fully saturated rings. The number of aromatic nitrogens is 1. The fourth-order valence-electron chi connectivity index (χ4n) is 2.80. The minimum Gasteiger partial charge on any atom is -0.356 e. The van der Waals surface area contributed by atoms with Gasteiger partial charge >= 0.3 is 0 Å². The molecule has 2 aliphatic heterocycles. The van der Waals surface area contributed by atoms with Crippen LogP contribution in [0.25, 0.3) is 0 Å². The van der Waals surface area contributed by atoms with Crippen molar-refractivity contribution in [3.63, 3.8) is 0 Å². The van der Waals surface area contributed by atoms with Crippen LogP contribution in [0.5, 0.6) is 0 Å². The van der Waals surface area contributed by atoms with E-state index in [1.165, 1.54) is 13.0 Å². The van der Waals surface area contributed by atoms with Gasteiger partial charge in [-0.2, -0.15) is 0 Å². The van der Waals surface area contributed by atoms with Crippen LogP contribution in [0.15, 0.2) is 18.3 Å². The van der Waals surface area contributed by atoms with Crippen molar-refractivity contribution in [2.24, 2.45) is 11.8 Å². The Morgan fingerprint density at radius 2 is 2.19 bits per heavy atom. The predicted molar refractivity (Wildman–Crippen MR) is 65.9 cm³/mol. The van der Waals surface area contributed by atoms with E-state index in [1.54, 1.807) is 6.20 Å². The summed E-state index contributed by atoms with van der Waals surface area (Å²) in [6.07, 6.45) is 3.01. The third-order valence-corrected chi connectivity index (χ3v) is 3.96. The fraction of sp³-hybridized carbons (Fsp3) is 0.583. The van der Waals surface area contributed by atoms with Gasteiger partial charge in [-0.3, -0.25) is 0 Å². The van der Waals surface area contributed by atoms with Crippen LogP contribution in [0.2, 0.25) is 5.02 Å². The number of rotatable bonds is 1. The normalized spacial score (nSPS) is 29.2. The molecular formula is C12H16ClN3. The Morgan fingerprint density at radius 1 is 1.31 bits per heavy atom. The maximum Gasteiger partial charge on any atom is 0.128 e. The number of fused-ring (bicyclic) bond motifs is 1. The highest BCUT2D eigenvalue weighted by molar-refractivity contribution is 6.30. The van der Waals surface area contributed by atoms with Gasteiger partial charge in [0.2, 0.25) is 0 Å². The van der Waals surface area contributed by atoms with E-state index < -0.39 is 0 Å². The van der Waals surface area contributed by atoms with Crippen LogP contribution in [-0.4, -0.2) is 31.2 Å². The summed E-state index contributed by atoms with van der Waals surface area (Å²) < 4.78 is 0. The summed E-state index contributed by atoms with van der Waals surface area (Å²) in [5.41, 5.74) is 0. The van der Waals surface area contributed by atoms with E-state index in [9.17, 15) is 0 Å². The van der Waals surface area contributed by atoms with Crippen LogP contribution in [0.3, 0.4) is 0 Å². The van der Waals surface area contributed by atoms with Gasteiger partial charge in [0.1, 0.15) is 5.82 Å². The molecule has 3 rings (SSSR count). The van der Waals surface area contributed by atoms with Crippen molar-refractivity contribution in [2.45, 2.75) is 6.42 Å². The standard InChI is InChI=1S/C12H16ClN3/c13-11-1-2-12(15-7-11)16-4-3-9-5-14-6-10(9)8-16/h1-2,7,9-10,14H,3-6,8H2. The summed E-state index contributed by atoms with van der Waals surface area (Å²) in [6.45, 7) is 4.62. The Kier molecular flexibility index (Phi) is 2.74. The summed E-state index contributed by atoms with van der Waals surface area (Å²) >= 11 is 5.85. The van der Waals surface area contributed by atoms with Gasteiger partial charge in [0.25, 0.3) is 0 Å². The van der Waals surface area contributed by atoms with Crippen molar-refractivity contribution < 1.29 is 0 Å². The molecule has 0 saturated carbocycles. The van der Waals surface area contributed by atoms with Gasteiger partial charge in [-0.1, -0.05) is 11.6 Å². The molecule has 1 aromatic rings. The van der Waals surface area contributed by atoms with E-state index in [1.807, 2.05) is 12.1 Å². The first-order valence-corrected chi connectivity index (χ1v) is 6.28. The smallest absolute Gasteiger partial charge is 0.128 e. The highest BCUT2D eigenvalue weighted by Gasteiger charge is 2.32. The topological polar surface area (TPSA) is 28.2 Å². The molecule has 3 nitrogen and oxygen atoms in total. The van der Waals surface area contributed by atoms with E-state index in [-0.39, 0.29) is 0 Å². The molecule has 2 saturated heterocycles. The first-order valence-electron chi connectivity index (χ1n) is 5.90. The number of nitrogens with zero attached hydrogens (tertiary/aromatic N) is 2. The second kappa shape index (κ2) is 4.22. The zero-order valence-electron chi connectivity index (χ0n) is 9.19. The van der Waals surface area contributed by atoms with Gasteiger partial charge in [0.05, 0.1) is 5.02 Å². The Bertz CT molecular complexity index is 365. The minimum absolute atomic E-state index is 0.709. The molecule has 0 amide bonds. The number of hydrogen-bond acceptors (Lipinski definition) is 3. The second-order valence-electron chi connectivity index (χ2n) is 4.75. The van der Waals surface area contributed by atoms with E-state index in [0.717, 1.165) is 37.3 Å². The van der Waals surface area contributed by atoms with Crippen LogP contribution < -0.4 is 10.2 Å². The van der Waals surface area contributed by atoms with E-state index in [4.69, 9.17) is 11.6 Å². The largest absolute Gasteiger partial charge is 0.356 e. The molecule has 1 N–H and O–H groups in total. The number of hydrogen-bond donors (Lipinski definition) is 1. The predicted octanol–water partition coefficient (Wildman–Crippen LogP) is 1.78. The van der Waals surface area contributed by atoms with Gasteiger partial charge in [0.15, 0.2) is 0 Å². The summed E-state index contributed by atoms with van der Waals surface area (Å²) in [7, 11) is 0. The molecule has 2 unspecified atom stereocenters. The molecule has 4 heteroatoms. The summed E-state index contributed by atoms with van der Waals surface area (Å²) in [4.78, 5) is 6.77. The lowest BCUT2D eigenvalue weighted by Gasteiger charge is -2.35. The molecule has 0 bridgehead atoms. The molecule has 2 aliphatic rings. The zero-order valence-corrected chi connectivity index (χ0v) is 9.95. The monoisotopic (exact) mass is 237 g/mol. The Hall–Kier alpha value is -0.800. The molecule has 86 valence electrons. The summed E-state index contributed by atoms with van der Waals surface area (Å²) in [6, 6.07) is 3.94. The first-order chi connectivity index (χ1) is 7.83. The van der Waals surface area contributed by atoms with Crippen molar-refractivity contribution in [1.82, 2.24) is 10.3 Å². The average molecular weight is 238 g/mol. The SMILES string of the molecule is Clc1ccc(N2CCC3CNCC3C2)nc1. The summed E-state index contributed by atoms with van der Waals surface area (Å²) in [5, 5.41) is 4.19. The van der Waals surface area contributed by atoms with Crippen molar-refractivity contribution in [1.29, 1.82) is 0 Å². The zero-order chi connectivity index (χ0) is 11.0. The summed E-state index contributed by atoms with van der Waals surface area (Å²) in [5.74, 6) is 2.74. The molecule has 0 aliphatic carbocycles. The van der Waals surface area contributed by atoms with Crippen molar-refractivity contribution in [3.05, 3.63) is 23.4 Å². The maximum atomic E-state index is 5.85. The molecule has 0 spiro atoms. The van der Waals surface area contributed by atoms with E-state index in [0.29, 0.717) is 5.02 Å². The number of pyridine rings is 1. The van der Waals surface area contributed by atoms with Crippen molar-refractivity contribution >= 4 is 17.4 Å². The van der Waals surface area contributed by atoms with Crippen LogP contribution in [-0.2, 0) is 0 Å². The highest BCUT2D eigenvalue weighted by atomic mass is 35.5. The molecule has 3 heterocycles. The molecule has 1 aromatic heterocycles. The Balaban J connectivity index is 1.74.